The molecule has 1 aromatic rings. The Balaban J connectivity index is 2.21. The number of rotatable bonds is 5. The van der Waals surface area contributed by atoms with E-state index in [1.54, 1.807) is 0 Å². The lowest BCUT2D eigenvalue weighted by Crippen LogP contribution is -2.30. The largest absolute Gasteiger partial charge is 0.381 e. The van der Waals surface area contributed by atoms with Crippen molar-refractivity contribution >= 4 is 10.0 Å². The SMILES string of the molecule is Cc1c(F)cc(CN)cc1S(=O)(=O)NCC1CCOC1. The smallest absolute Gasteiger partial charge is 0.240 e. The van der Waals surface area contributed by atoms with Crippen molar-refractivity contribution in [3.63, 3.8) is 0 Å². The van der Waals surface area contributed by atoms with Crippen LogP contribution in [-0.2, 0) is 21.3 Å². The summed E-state index contributed by atoms with van der Waals surface area (Å²) in [5, 5.41) is 0. The number of ether oxygens (including phenoxy) is 1. The van der Waals surface area contributed by atoms with Crippen molar-refractivity contribution in [2.75, 3.05) is 19.8 Å². The Labute approximate surface area is 118 Å². The van der Waals surface area contributed by atoms with Gasteiger partial charge in [-0.25, -0.2) is 17.5 Å². The summed E-state index contributed by atoms with van der Waals surface area (Å²) in [5.74, 6) is -0.384. The number of hydrogen-bond donors (Lipinski definition) is 2. The van der Waals surface area contributed by atoms with Crippen LogP contribution in [0.1, 0.15) is 17.5 Å². The van der Waals surface area contributed by atoms with Gasteiger partial charge in [-0.3, -0.25) is 0 Å². The molecule has 112 valence electrons. The van der Waals surface area contributed by atoms with Crippen LogP contribution in [0.25, 0.3) is 0 Å². The molecule has 1 fully saturated rings. The topological polar surface area (TPSA) is 81.4 Å². The minimum absolute atomic E-state index is 0.0446. The highest BCUT2D eigenvalue weighted by molar-refractivity contribution is 7.89. The van der Waals surface area contributed by atoms with E-state index in [2.05, 4.69) is 4.72 Å². The molecule has 3 N–H and O–H groups in total. The molecule has 0 aliphatic carbocycles. The lowest BCUT2D eigenvalue weighted by molar-refractivity contribution is 0.186. The molecule has 1 heterocycles. The summed E-state index contributed by atoms with van der Waals surface area (Å²) in [6, 6.07) is 2.69. The summed E-state index contributed by atoms with van der Waals surface area (Å²) in [6.45, 7) is 3.05. The van der Waals surface area contributed by atoms with Crippen molar-refractivity contribution in [2.24, 2.45) is 11.7 Å². The van der Waals surface area contributed by atoms with Crippen LogP contribution in [0.5, 0.6) is 0 Å². The summed E-state index contributed by atoms with van der Waals surface area (Å²) in [5.41, 5.74) is 6.02. The van der Waals surface area contributed by atoms with Gasteiger partial charge in [0.25, 0.3) is 0 Å². The van der Waals surface area contributed by atoms with Crippen molar-refractivity contribution < 1.29 is 17.5 Å². The van der Waals surface area contributed by atoms with E-state index in [0.29, 0.717) is 25.3 Å². The number of halogens is 1. The fourth-order valence-corrected chi connectivity index (χ4v) is 3.57. The summed E-state index contributed by atoms with van der Waals surface area (Å²) in [4.78, 5) is -0.0446. The number of benzene rings is 1. The van der Waals surface area contributed by atoms with Crippen LogP contribution in [0, 0.1) is 18.7 Å². The van der Waals surface area contributed by atoms with Crippen molar-refractivity contribution in [3.05, 3.63) is 29.1 Å². The van der Waals surface area contributed by atoms with Crippen molar-refractivity contribution in [1.82, 2.24) is 4.72 Å². The summed E-state index contributed by atoms with van der Waals surface area (Å²) >= 11 is 0. The number of hydrogen-bond acceptors (Lipinski definition) is 4. The molecular weight excluding hydrogens is 283 g/mol. The Morgan fingerprint density at radius 3 is 2.85 bits per heavy atom. The first-order valence-electron chi connectivity index (χ1n) is 6.50. The normalized spacial score (nSPS) is 19.4. The zero-order chi connectivity index (χ0) is 14.8. The minimum Gasteiger partial charge on any atom is -0.381 e. The fraction of sp³-hybridized carbons (Fsp3) is 0.538. The quantitative estimate of drug-likeness (QED) is 0.847. The predicted molar refractivity (Wildman–Crippen MR) is 73.1 cm³/mol. The second kappa shape index (κ2) is 6.17. The first kappa shape index (κ1) is 15.4. The first-order valence-corrected chi connectivity index (χ1v) is 7.99. The Morgan fingerprint density at radius 2 is 2.25 bits per heavy atom. The zero-order valence-electron chi connectivity index (χ0n) is 11.4. The predicted octanol–water partition coefficient (Wildman–Crippen LogP) is 0.908. The van der Waals surface area contributed by atoms with Crippen LogP contribution in [-0.4, -0.2) is 28.2 Å². The third-order valence-electron chi connectivity index (χ3n) is 3.47. The van der Waals surface area contributed by atoms with Crippen LogP contribution < -0.4 is 10.5 Å². The fourth-order valence-electron chi connectivity index (χ4n) is 2.15. The zero-order valence-corrected chi connectivity index (χ0v) is 12.2. The summed E-state index contributed by atoms with van der Waals surface area (Å²) in [6.07, 6.45) is 0.832. The average molecular weight is 302 g/mol. The van der Waals surface area contributed by atoms with Crippen LogP contribution in [0.15, 0.2) is 17.0 Å². The molecular formula is C13H19FN2O3S. The van der Waals surface area contributed by atoms with Gasteiger partial charge < -0.3 is 10.5 Å². The molecule has 0 aromatic heterocycles. The van der Waals surface area contributed by atoms with Gasteiger partial charge in [-0.1, -0.05) is 0 Å². The van der Waals surface area contributed by atoms with E-state index in [1.165, 1.54) is 19.1 Å². The molecule has 1 saturated heterocycles. The molecule has 2 rings (SSSR count). The van der Waals surface area contributed by atoms with Gasteiger partial charge in [-0.15, -0.1) is 0 Å². The van der Waals surface area contributed by atoms with Gasteiger partial charge in [0, 0.05) is 25.3 Å². The van der Waals surface area contributed by atoms with E-state index in [-0.39, 0.29) is 22.9 Å². The number of nitrogens with one attached hydrogen (secondary N) is 1. The molecule has 1 aromatic carbocycles. The van der Waals surface area contributed by atoms with Crippen LogP contribution in [0.4, 0.5) is 4.39 Å². The standard InChI is InChI=1S/C13H19FN2O3S/c1-9-12(14)4-11(6-15)5-13(9)20(17,18)16-7-10-2-3-19-8-10/h4-5,10,16H,2-3,6-8,15H2,1H3. The monoisotopic (exact) mass is 302 g/mol. The van der Waals surface area contributed by atoms with Gasteiger partial charge in [-0.2, -0.15) is 0 Å². The first-order chi connectivity index (χ1) is 9.44. The van der Waals surface area contributed by atoms with E-state index in [9.17, 15) is 12.8 Å². The maximum absolute atomic E-state index is 13.7. The lowest BCUT2D eigenvalue weighted by Gasteiger charge is -2.13. The molecule has 1 aliphatic heterocycles. The molecule has 0 spiro atoms. The van der Waals surface area contributed by atoms with Gasteiger partial charge in [0.1, 0.15) is 5.82 Å². The third-order valence-corrected chi connectivity index (χ3v) is 5.02. The van der Waals surface area contributed by atoms with Crippen molar-refractivity contribution in [1.29, 1.82) is 0 Å². The molecule has 1 atom stereocenters. The molecule has 0 amide bonds. The highest BCUT2D eigenvalue weighted by Gasteiger charge is 2.23. The van der Waals surface area contributed by atoms with Gasteiger partial charge in [0.05, 0.1) is 11.5 Å². The van der Waals surface area contributed by atoms with Gasteiger partial charge >= 0.3 is 0 Å². The second-order valence-electron chi connectivity index (χ2n) is 4.99. The molecule has 20 heavy (non-hydrogen) atoms. The highest BCUT2D eigenvalue weighted by atomic mass is 32.2. The van der Waals surface area contributed by atoms with Gasteiger partial charge in [0.15, 0.2) is 0 Å². The lowest BCUT2D eigenvalue weighted by atomic mass is 10.1. The molecule has 5 nitrogen and oxygen atoms in total. The van der Waals surface area contributed by atoms with E-state index in [0.717, 1.165) is 6.42 Å². The van der Waals surface area contributed by atoms with E-state index in [4.69, 9.17) is 10.5 Å². The Morgan fingerprint density at radius 1 is 1.50 bits per heavy atom. The molecule has 1 unspecified atom stereocenters. The highest BCUT2D eigenvalue weighted by Crippen LogP contribution is 2.21. The molecule has 0 bridgehead atoms. The molecule has 7 heteroatoms. The minimum atomic E-state index is -3.73. The van der Waals surface area contributed by atoms with E-state index >= 15 is 0 Å². The van der Waals surface area contributed by atoms with Gasteiger partial charge in [-0.05, 0) is 37.0 Å². The van der Waals surface area contributed by atoms with Gasteiger partial charge in [0.2, 0.25) is 10.0 Å². The summed E-state index contributed by atoms with van der Waals surface area (Å²) < 4.78 is 46.0. The Bertz CT molecular complexity index is 584. The Kier molecular flexibility index (Phi) is 4.74. The van der Waals surface area contributed by atoms with Crippen LogP contribution in [0.3, 0.4) is 0 Å². The van der Waals surface area contributed by atoms with Crippen molar-refractivity contribution in [2.45, 2.75) is 24.8 Å². The van der Waals surface area contributed by atoms with Crippen molar-refractivity contribution in [3.8, 4) is 0 Å². The maximum atomic E-state index is 13.7. The van der Waals surface area contributed by atoms with Crippen LogP contribution >= 0.6 is 0 Å². The number of nitrogens with two attached hydrogens (primary N) is 1. The Hall–Kier alpha value is -1.02. The number of sulfonamides is 1. The summed E-state index contributed by atoms with van der Waals surface area (Å²) in [7, 11) is -3.73. The molecule has 0 radical (unpaired) electrons. The molecule has 1 aliphatic rings. The average Bonchev–Trinajstić information content (AvgIpc) is 2.92. The van der Waals surface area contributed by atoms with E-state index < -0.39 is 15.8 Å². The third kappa shape index (κ3) is 3.35. The maximum Gasteiger partial charge on any atom is 0.240 e. The van der Waals surface area contributed by atoms with Crippen LogP contribution in [0.2, 0.25) is 0 Å². The van der Waals surface area contributed by atoms with E-state index in [1.807, 2.05) is 0 Å². The molecule has 0 saturated carbocycles. The second-order valence-corrected chi connectivity index (χ2v) is 6.72.